The number of hydrogen-bond acceptors (Lipinski definition) is 4. The molecule has 1 aliphatic rings. The summed E-state index contributed by atoms with van der Waals surface area (Å²) in [6.45, 7) is 1.18. The van der Waals surface area contributed by atoms with Gasteiger partial charge in [-0.1, -0.05) is 11.6 Å². The van der Waals surface area contributed by atoms with Crippen molar-refractivity contribution in [3.63, 3.8) is 0 Å². The zero-order valence-electron chi connectivity index (χ0n) is 10.6. The van der Waals surface area contributed by atoms with Crippen LogP contribution in [0.5, 0.6) is 0 Å². The lowest BCUT2D eigenvalue weighted by molar-refractivity contribution is -0.144. The molecule has 0 spiro atoms. The minimum Gasteiger partial charge on any atom is -0.481 e. The number of aliphatic hydroxyl groups is 1. The van der Waals surface area contributed by atoms with Crippen molar-refractivity contribution >= 4 is 28.9 Å². The van der Waals surface area contributed by atoms with Gasteiger partial charge in [0.2, 0.25) is 0 Å². The lowest BCUT2D eigenvalue weighted by atomic mass is 9.79. The van der Waals surface area contributed by atoms with Crippen LogP contribution in [0.1, 0.15) is 30.6 Å². The molecular weight excluding hydrogens is 286 g/mol. The van der Waals surface area contributed by atoms with Gasteiger partial charge < -0.3 is 15.5 Å². The fourth-order valence-electron chi connectivity index (χ4n) is 2.44. The van der Waals surface area contributed by atoms with Crippen LogP contribution in [-0.4, -0.2) is 28.3 Å². The van der Waals surface area contributed by atoms with Gasteiger partial charge in [0.25, 0.3) is 0 Å². The third-order valence-corrected chi connectivity index (χ3v) is 4.88. The number of halogens is 1. The van der Waals surface area contributed by atoms with E-state index in [-0.39, 0.29) is 5.92 Å². The van der Waals surface area contributed by atoms with Crippen molar-refractivity contribution in [2.24, 2.45) is 5.92 Å². The first-order valence-electron chi connectivity index (χ1n) is 6.39. The smallest absolute Gasteiger partial charge is 0.306 e. The van der Waals surface area contributed by atoms with Crippen LogP contribution in [0.3, 0.4) is 0 Å². The lowest BCUT2D eigenvalue weighted by Crippen LogP contribution is -2.44. The van der Waals surface area contributed by atoms with Gasteiger partial charge in [-0.3, -0.25) is 4.79 Å². The largest absolute Gasteiger partial charge is 0.481 e. The lowest BCUT2D eigenvalue weighted by Gasteiger charge is -2.34. The standard InChI is InChI=1S/C13H18ClNO3S/c14-11-2-1-10(19-11)7-15-8-13(18)5-3-9(4-6-13)12(16)17/h1-2,9,15,18H,3-8H2,(H,16,17). The summed E-state index contributed by atoms with van der Waals surface area (Å²) in [7, 11) is 0. The first-order valence-corrected chi connectivity index (χ1v) is 7.58. The second-order valence-electron chi connectivity index (χ2n) is 5.15. The van der Waals surface area contributed by atoms with Crippen LogP contribution < -0.4 is 5.32 Å². The quantitative estimate of drug-likeness (QED) is 0.782. The molecule has 1 aromatic heterocycles. The molecule has 4 nitrogen and oxygen atoms in total. The monoisotopic (exact) mass is 303 g/mol. The molecule has 1 aromatic rings. The maximum absolute atomic E-state index is 10.9. The molecule has 0 amide bonds. The van der Waals surface area contributed by atoms with E-state index in [1.807, 2.05) is 12.1 Å². The average molecular weight is 304 g/mol. The van der Waals surface area contributed by atoms with E-state index in [0.29, 0.717) is 38.8 Å². The molecule has 2 rings (SSSR count). The third kappa shape index (κ3) is 4.18. The Hall–Kier alpha value is -0.620. The molecule has 1 aliphatic carbocycles. The molecule has 0 aliphatic heterocycles. The Morgan fingerprint density at radius 1 is 1.47 bits per heavy atom. The summed E-state index contributed by atoms with van der Waals surface area (Å²) in [5, 5.41) is 22.5. The van der Waals surface area contributed by atoms with E-state index >= 15 is 0 Å². The molecule has 0 unspecified atom stereocenters. The summed E-state index contributed by atoms with van der Waals surface area (Å²) in [6.07, 6.45) is 2.20. The topological polar surface area (TPSA) is 69.6 Å². The maximum atomic E-state index is 10.9. The highest BCUT2D eigenvalue weighted by molar-refractivity contribution is 7.16. The molecule has 0 atom stereocenters. The van der Waals surface area contributed by atoms with Gasteiger partial charge in [-0.25, -0.2) is 0 Å². The van der Waals surface area contributed by atoms with Gasteiger partial charge in [0.05, 0.1) is 15.9 Å². The molecule has 1 heterocycles. The van der Waals surface area contributed by atoms with Gasteiger partial charge in [-0.2, -0.15) is 0 Å². The number of rotatable bonds is 5. The van der Waals surface area contributed by atoms with Gasteiger partial charge in [0, 0.05) is 18.0 Å². The average Bonchev–Trinajstić information content (AvgIpc) is 2.75. The van der Waals surface area contributed by atoms with Gasteiger partial charge in [-0.05, 0) is 37.8 Å². The first kappa shape index (κ1) is 14.8. The van der Waals surface area contributed by atoms with E-state index < -0.39 is 11.6 Å². The number of carboxylic acids is 1. The molecule has 0 aromatic carbocycles. The number of hydrogen-bond donors (Lipinski definition) is 3. The van der Waals surface area contributed by atoms with E-state index in [9.17, 15) is 9.90 Å². The first-order chi connectivity index (χ1) is 8.98. The van der Waals surface area contributed by atoms with E-state index in [1.54, 1.807) is 0 Å². The van der Waals surface area contributed by atoms with Crippen molar-refractivity contribution in [1.29, 1.82) is 0 Å². The molecule has 106 valence electrons. The second-order valence-corrected chi connectivity index (χ2v) is 6.95. The van der Waals surface area contributed by atoms with E-state index in [2.05, 4.69) is 5.32 Å². The highest BCUT2D eigenvalue weighted by Gasteiger charge is 2.35. The Labute approximate surface area is 121 Å². The van der Waals surface area contributed by atoms with Crippen molar-refractivity contribution in [3.05, 3.63) is 21.3 Å². The highest BCUT2D eigenvalue weighted by Crippen LogP contribution is 2.32. The number of thiophene rings is 1. The van der Waals surface area contributed by atoms with Crippen molar-refractivity contribution in [1.82, 2.24) is 5.32 Å². The van der Waals surface area contributed by atoms with Crippen LogP contribution in [0.25, 0.3) is 0 Å². The zero-order valence-corrected chi connectivity index (χ0v) is 12.1. The van der Waals surface area contributed by atoms with Crippen LogP contribution in [0.15, 0.2) is 12.1 Å². The zero-order chi connectivity index (χ0) is 13.9. The van der Waals surface area contributed by atoms with Crippen molar-refractivity contribution in [2.45, 2.75) is 37.8 Å². The second kappa shape index (κ2) is 6.22. The van der Waals surface area contributed by atoms with Crippen LogP contribution >= 0.6 is 22.9 Å². The number of aliphatic carboxylic acids is 1. The predicted octanol–water partition coefficient (Wildman–Crippen LogP) is 2.50. The molecule has 6 heteroatoms. The number of nitrogens with one attached hydrogen (secondary N) is 1. The highest BCUT2D eigenvalue weighted by atomic mass is 35.5. The molecule has 19 heavy (non-hydrogen) atoms. The summed E-state index contributed by atoms with van der Waals surface area (Å²) >= 11 is 7.37. The molecule has 0 radical (unpaired) electrons. The van der Waals surface area contributed by atoms with E-state index in [1.165, 1.54) is 11.3 Å². The Morgan fingerprint density at radius 3 is 2.68 bits per heavy atom. The molecular formula is C13H18ClNO3S. The Balaban J connectivity index is 1.75. The summed E-state index contributed by atoms with van der Waals surface area (Å²) in [5.41, 5.74) is -0.771. The fourth-order valence-corrected chi connectivity index (χ4v) is 3.50. The Bertz CT molecular complexity index is 441. The summed E-state index contributed by atoms with van der Waals surface area (Å²) in [6, 6.07) is 3.82. The molecule has 0 saturated heterocycles. The van der Waals surface area contributed by atoms with Crippen LogP contribution in [-0.2, 0) is 11.3 Å². The van der Waals surface area contributed by atoms with Crippen molar-refractivity contribution < 1.29 is 15.0 Å². The van der Waals surface area contributed by atoms with Gasteiger partial charge in [0.1, 0.15) is 0 Å². The fraction of sp³-hybridized carbons (Fsp3) is 0.615. The van der Waals surface area contributed by atoms with Gasteiger partial charge in [-0.15, -0.1) is 11.3 Å². The van der Waals surface area contributed by atoms with Gasteiger partial charge in [0.15, 0.2) is 0 Å². The third-order valence-electron chi connectivity index (χ3n) is 3.65. The SMILES string of the molecule is O=C(O)C1CCC(O)(CNCc2ccc(Cl)s2)CC1. The molecule has 1 fully saturated rings. The Morgan fingerprint density at radius 2 is 2.16 bits per heavy atom. The molecule has 3 N–H and O–H groups in total. The molecule has 0 bridgehead atoms. The van der Waals surface area contributed by atoms with Crippen LogP contribution in [0.2, 0.25) is 4.34 Å². The normalized spacial score (nSPS) is 27.4. The van der Waals surface area contributed by atoms with Gasteiger partial charge >= 0.3 is 5.97 Å². The van der Waals surface area contributed by atoms with E-state index in [0.717, 1.165) is 9.21 Å². The van der Waals surface area contributed by atoms with Crippen molar-refractivity contribution in [3.8, 4) is 0 Å². The number of carboxylic acid groups (broad SMARTS) is 1. The van der Waals surface area contributed by atoms with Crippen molar-refractivity contribution in [2.75, 3.05) is 6.54 Å². The van der Waals surface area contributed by atoms with Crippen LogP contribution in [0.4, 0.5) is 0 Å². The minimum atomic E-state index is -0.771. The Kier molecular flexibility index (Phi) is 4.84. The summed E-state index contributed by atoms with van der Waals surface area (Å²) < 4.78 is 0.762. The maximum Gasteiger partial charge on any atom is 0.306 e. The predicted molar refractivity (Wildman–Crippen MR) is 75.6 cm³/mol. The summed E-state index contributed by atoms with van der Waals surface area (Å²) in [5.74, 6) is -1.04. The minimum absolute atomic E-state index is 0.295. The van der Waals surface area contributed by atoms with Crippen LogP contribution in [0, 0.1) is 5.92 Å². The molecule has 1 saturated carbocycles. The van der Waals surface area contributed by atoms with E-state index in [4.69, 9.17) is 16.7 Å². The number of carbonyl (C=O) groups is 1. The summed E-state index contributed by atoms with van der Waals surface area (Å²) in [4.78, 5) is 12.0.